The van der Waals surface area contributed by atoms with Crippen LogP contribution in [0.25, 0.3) is 71.6 Å². The predicted molar refractivity (Wildman–Crippen MR) is 180 cm³/mol. The van der Waals surface area contributed by atoms with E-state index in [4.69, 9.17) is 9.97 Å². The Kier molecular flexibility index (Phi) is 6.08. The van der Waals surface area contributed by atoms with Crippen LogP contribution in [0.3, 0.4) is 0 Å². The fourth-order valence-electron chi connectivity index (χ4n) is 6.50. The van der Waals surface area contributed by atoms with Gasteiger partial charge in [0.25, 0.3) is 0 Å². The zero-order chi connectivity index (χ0) is 28.8. The average molecular weight is 552 g/mol. The molecule has 8 rings (SSSR count). The number of fused-ring (bicyclic) bond motifs is 3. The van der Waals surface area contributed by atoms with Crippen molar-refractivity contribution in [3.05, 3.63) is 152 Å². The van der Waals surface area contributed by atoms with E-state index in [0.717, 1.165) is 34.5 Å². The van der Waals surface area contributed by atoms with E-state index in [9.17, 15) is 0 Å². The number of rotatable bonds is 5. The van der Waals surface area contributed by atoms with Crippen molar-refractivity contribution in [3.63, 3.8) is 0 Å². The van der Waals surface area contributed by atoms with E-state index in [1.165, 1.54) is 49.4 Å². The number of aromatic nitrogens is 3. The minimum atomic E-state index is 0.832. The Morgan fingerprint density at radius 2 is 1.14 bits per heavy atom. The Morgan fingerprint density at radius 3 is 1.88 bits per heavy atom. The summed E-state index contributed by atoms with van der Waals surface area (Å²) in [6.07, 6.45) is 4.79. The van der Waals surface area contributed by atoms with Gasteiger partial charge < -0.3 is 0 Å². The Labute approximate surface area is 250 Å². The zero-order valence-corrected chi connectivity index (χ0v) is 23.9. The molecule has 0 aliphatic rings. The minimum Gasteiger partial charge on any atom is -0.295 e. The summed E-state index contributed by atoms with van der Waals surface area (Å²) in [7, 11) is 0. The van der Waals surface area contributed by atoms with E-state index in [1.807, 2.05) is 18.5 Å². The van der Waals surface area contributed by atoms with Gasteiger partial charge in [0.2, 0.25) is 0 Å². The molecule has 0 amide bonds. The maximum atomic E-state index is 4.93. The van der Waals surface area contributed by atoms with Crippen molar-refractivity contribution < 1.29 is 0 Å². The highest BCUT2D eigenvalue weighted by Crippen LogP contribution is 2.45. The molecule has 0 bridgehead atoms. The molecule has 0 saturated heterocycles. The van der Waals surface area contributed by atoms with Crippen LogP contribution >= 0.6 is 0 Å². The number of nitrogens with zero attached hydrogens (tertiary/aromatic N) is 3. The van der Waals surface area contributed by atoms with Crippen molar-refractivity contribution in [2.45, 2.75) is 13.3 Å². The highest BCUT2D eigenvalue weighted by molar-refractivity contribution is 6.22. The molecule has 2 heterocycles. The molecule has 0 radical (unpaired) electrons. The summed E-state index contributed by atoms with van der Waals surface area (Å²) < 4.78 is 2.25. The van der Waals surface area contributed by atoms with E-state index < -0.39 is 0 Å². The van der Waals surface area contributed by atoms with Crippen molar-refractivity contribution in [2.75, 3.05) is 0 Å². The molecule has 0 aliphatic heterocycles. The van der Waals surface area contributed by atoms with Crippen LogP contribution in [-0.4, -0.2) is 14.5 Å². The van der Waals surface area contributed by atoms with E-state index in [0.29, 0.717) is 0 Å². The highest BCUT2D eigenvalue weighted by atomic mass is 15.1. The first-order valence-electron chi connectivity index (χ1n) is 14.8. The molecule has 204 valence electrons. The number of imidazole rings is 1. The quantitative estimate of drug-likeness (QED) is 0.199. The van der Waals surface area contributed by atoms with Crippen molar-refractivity contribution in [1.29, 1.82) is 0 Å². The van der Waals surface area contributed by atoms with E-state index in [1.54, 1.807) is 0 Å². The Morgan fingerprint density at radius 1 is 0.512 bits per heavy atom. The topological polar surface area (TPSA) is 30.7 Å². The normalized spacial score (nSPS) is 11.5. The number of aryl methyl sites for hydroxylation is 1. The molecule has 0 fully saturated rings. The van der Waals surface area contributed by atoms with Crippen molar-refractivity contribution in [1.82, 2.24) is 14.5 Å². The smallest absolute Gasteiger partial charge is 0.114 e. The third-order valence-corrected chi connectivity index (χ3v) is 8.41. The van der Waals surface area contributed by atoms with Crippen LogP contribution in [0.5, 0.6) is 0 Å². The first-order chi connectivity index (χ1) is 21.3. The summed E-state index contributed by atoms with van der Waals surface area (Å²) in [6.45, 7) is 2.16. The van der Waals surface area contributed by atoms with Gasteiger partial charge in [-0.25, -0.2) is 4.98 Å². The fourth-order valence-corrected chi connectivity index (χ4v) is 6.50. The van der Waals surface area contributed by atoms with Crippen LogP contribution in [0.1, 0.15) is 12.7 Å². The Balaban J connectivity index is 1.45. The first-order valence-corrected chi connectivity index (χ1v) is 14.8. The second-order valence-corrected chi connectivity index (χ2v) is 10.9. The molecule has 43 heavy (non-hydrogen) atoms. The summed E-state index contributed by atoms with van der Waals surface area (Å²) in [4.78, 5) is 9.74. The lowest BCUT2D eigenvalue weighted by molar-refractivity contribution is 0.904. The molecule has 8 aromatic rings. The maximum absolute atomic E-state index is 4.93. The summed E-state index contributed by atoms with van der Waals surface area (Å²) >= 11 is 0. The summed E-state index contributed by atoms with van der Waals surface area (Å²) in [5.74, 6) is 1.03. The largest absolute Gasteiger partial charge is 0.295 e. The molecule has 0 aliphatic carbocycles. The van der Waals surface area contributed by atoms with Crippen LogP contribution in [0.15, 0.2) is 146 Å². The molecule has 0 unspecified atom stereocenters. The lowest BCUT2D eigenvalue weighted by Crippen LogP contribution is -2.01. The lowest BCUT2D eigenvalue weighted by atomic mass is 9.85. The SMILES string of the molecule is CCc1nc2ccccc2n1-c1cncc(-c2c3ccccc3c(-c3ccccc3)c3cc(-c4ccccc4)ccc23)c1. The van der Waals surface area contributed by atoms with Gasteiger partial charge in [0.15, 0.2) is 0 Å². The van der Waals surface area contributed by atoms with Gasteiger partial charge in [-0.15, -0.1) is 0 Å². The van der Waals surface area contributed by atoms with Crippen molar-refractivity contribution in [2.24, 2.45) is 0 Å². The number of pyridine rings is 1. The second-order valence-electron chi connectivity index (χ2n) is 10.9. The van der Waals surface area contributed by atoms with Crippen LogP contribution in [-0.2, 0) is 6.42 Å². The molecular weight excluding hydrogens is 522 g/mol. The third kappa shape index (κ3) is 4.21. The Bertz CT molecular complexity index is 2260. The average Bonchev–Trinajstić information content (AvgIpc) is 3.46. The second kappa shape index (κ2) is 10.4. The minimum absolute atomic E-state index is 0.832. The van der Waals surface area contributed by atoms with Crippen LogP contribution in [0.4, 0.5) is 0 Å². The van der Waals surface area contributed by atoms with Gasteiger partial charge in [-0.05, 0) is 73.6 Å². The molecular formula is C40H29N3. The highest BCUT2D eigenvalue weighted by Gasteiger charge is 2.19. The van der Waals surface area contributed by atoms with Crippen LogP contribution < -0.4 is 0 Å². The first kappa shape index (κ1) is 25.2. The van der Waals surface area contributed by atoms with Crippen molar-refractivity contribution >= 4 is 32.6 Å². The fraction of sp³-hybridized carbons (Fsp3) is 0.0500. The van der Waals surface area contributed by atoms with Gasteiger partial charge in [-0.2, -0.15) is 0 Å². The van der Waals surface area contributed by atoms with Gasteiger partial charge in [0.1, 0.15) is 5.82 Å². The van der Waals surface area contributed by atoms with Gasteiger partial charge in [-0.1, -0.05) is 116 Å². The number of hydrogen-bond acceptors (Lipinski definition) is 2. The third-order valence-electron chi connectivity index (χ3n) is 8.41. The van der Waals surface area contributed by atoms with Gasteiger partial charge in [-0.3, -0.25) is 9.55 Å². The summed E-state index contributed by atoms with van der Waals surface area (Å²) in [6, 6.07) is 47.7. The molecule has 6 aromatic carbocycles. The Hall–Kier alpha value is -5.54. The van der Waals surface area contributed by atoms with Crippen molar-refractivity contribution in [3.8, 4) is 39.1 Å². The standard InChI is InChI=1S/C40H29N3/c1-2-38-42-36-19-11-12-20-37(36)43(38)31-23-30(25-41-26-31)40-33-18-10-9-17-32(33)39(28-15-7-4-8-16-28)35-24-29(21-22-34(35)40)27-13-5-3-6-14-27/h3-26H,2H2,1H3. The van der Waals surface area contributed by atoms with E-state index in [2.05, 4.69) is 139 Å². The number of benzene rings is 6. The monoisotopic (exact) mass is 551 g/mol. The van der Waals surface area contributed by atoms with Gasteiger partial charge >= 0.3 is 0 Å². The molecule has 2 aromatic heterocycles. The van der Waals surface area contributed by atoms with E-state index in [-0.39, 0.29) is 0 Å². The summed E-state index contributed by atoms with van der Waals surface area (Å²) in [5, 5.41) is 4.89. The summed E-state index contributed by atoms with van der Waals surface area (Å²) in [5.41, 5.74) is 10.3. The van der Waals surface area contributed by atoms with E-state index >= 15 is 0 Å². The molecule has 3 heteroatoms. The number of hydrogen-bond donors (Lipinski definition) is 0. The molecule has 3 nitrogen and oxygen atoms in total. The predicted octanol–water partition coefficient (Wildman–Crippen LogP) is 10.3. The lowest BCUT2D eigenvalue weighted by Gasteiger charge is -2.19. The zero-order valence-electron chi connectivity index (χ0n) is 23.9. The molecule has 0 spiro atoms. The number of para-hydroxylation sites is 2. The molecule has 0 N–H and O–H groups in total. The van der Waals surface area contributed by atoms with Crippen LogP contribution in [0.2, 0.25) is 0 Å². The van der Waals surface area contributed by atoms with Gasteiger partial charge in [0, 0.05) is 18.2 Å². The van der Waals surface area contributed by atoms with Gasteiger partial charge in [0.05, 0.1) is 22.9 Å². The maximum Gasteiger partial charge on any atom is 0.114 e. The molecule has 0 saturated carbocycles. The van der Waals surface area contributed by atoms with Crippen LogP contribution in [0, 0.1) is 0 Å². The molecule has 0 atom stereocenters.